The highest BCUT2D eigenvalue weighted by Gasteiger charge is 2.35. The molecule has 5 heterocycles. The number of aromatic nitrogens is 4. The summed E-state index contributed by atoms with van der Waals surface area (Å²) >= 11 is 1.10. The molecule has 1 aromatic carbocycles. The molecule has 48 heavy (non-hydrogen) atoms. The monoisotopic (exact) mass is 681 g/mol. The van der Waals surface area contributed by atoms with Gasteiger partial charge in [0.25, 0.3) is 0 Å². The lowest BCUT2D eigenvalue weighted by Gasteiger charge is -2.24. The van der Waals surface area contributed by atoms with Crippen molar-refractivity contribution >= 4 is 29.0 Å². The van der Waals surface area contributed by atoms with Crippen LogP contribution in [0.25, 0.3) is 27.3 Å². The van der Waals surface area contributed by atoms with Gasteiger partial charge in [0, 0.05) is 42.7 Å². The maximum absolute atomic E-state index is 13.7. The first-order valence-corrected chi connectivity index (χ1v) is 16.1. The van der Waals surface area contributed by atoms with E-state index >= 15 is 0 Å². The topological polar surface area (TPSA) is 100 Å². The molecule has 0 radical (unpaired) electrons. The van der Waals surface area contributed by atoms with Crippen LogP contribution in [0.4, 0.5) is 18.0 Å². The molecular weight excluding hydrogens is 647 g/mol. The summed E-state index contributed by atoms with van der Waals surface area (Å²) in [5.41, 5.74) is 1.65. The number of pyridine rings is 1. The SMILES string of the molecule is COC(=O)c1sc(-c2cnc3cc(-c4cnn(C5CCN(C(=O)OC(C)(C)C)C5)c4)ccn23)cc1OC(C)c1ccccc1C(F)(F)F. The second kappa shape index (κ2) is 12.6. The number of rotatable bonds is 7. The fraction of sp³-hybridized carbons (Fsp3) is 0.353. The smallest absolute Gasteiger partial charge is 0.416 e. The summed E-state index contributed by atoms with van der Waals surface area (Å²) in [6.45, 7) is 8.13. The molecule has 1 fully saturated rings. The molecule has 1 saturated heterocycles. The van der Waals surface area contributed by atoms with Crippen LogP contribution in [0.5, 0.6) is 5.75 Å². The van der Waals surface area contributed by atoms with Crippen LogP contribution in [0.1, 0.15) is 67.1 Å². The Labute approximate surface area is 278 Å². The lowest BCUT2D eigenvalue weighted by molar-refractivity contribution is -0.139. The van der Waals surface area contributed by atoms with E-state index in [1.165, 1.54) is 32.2 Å². The molecule has 252 valence electrons. The Hall–Kier alpha value is -4.85. The number of methoxy groups -OCH3 is 1. The molecule has 10 nitrogen and oxygen atoms in total. The lowest BCUT2D eigenvalue weighted by atomic mass is 10.0. The summed E-state index contributed by atoms with van der Waals surface area (Å²) < 4.78 is 61.2. The zero-order valence-electron chi connectivity index (χ0n) is 26.9. The van der Waals surface area contributed by atoms with E-state index in [1.54, 1.807) is 23.4 Å². The van der Waals surface area contributed by atoms with E-state index in [4.69, 9.17) is 14.2 Å². The Kier molecular flexibility index (Phi) is 8.71. The summed E-state index contributed by atoms with van der Waals surface area (Å²) in [6, 6.07) is 10.7. The Morgan fingerprint density at radius 3 is 2.56 bits per heavy atom. The van der Waals surface area contributed by atoms with Gasteiger partial charge < -0.3 is 19.1 Å². The van der Waals surface area contributed by atoms with E-state index in [-0.39, 0.29) is 28.3 Å². The number of alkyl halides is 3. The van der Waals surface area contributed by atoms with Gasteiger partial charge in [-0.3, -0.25) is 9.08 Å². The molecule has 0 aliphatic carbocycles. The number of ether oxygens (including phenoxy) is 3. The Morgan fingerprint density at radius 2 is 1.83 bits per heavy atom. The normalized spacial score (nSPS) is 15.9. The minimum absolute atomic E-state index is 0.0249. The minimum Gasteiger partial charge on any atom is -0.484 e. The van der Waals surface area contributed by atoms with E-state index in [2.05, 4.69) is 10.1 Å². The van der Waals surface area contributed by atoms with Crippen LogP contribution in [0, 0.1) is 0 Å². The van der Waals surface area contributed by atoms with E-state index in [0.717, 1.165) is 35.0 Å². The van der Waals surface area contributed by atoms with Gasteiger partial charge in [-0.25, -0.2) is 14.6 Å². The molecule has 6 rings (SSSR count). The molecule has 0 spiro atoms. The first-order chi connectivity index (χ1) is 22.7. The largest absolute Gasteiger partial charge is 0.484 e. The predicted octanol–water partition coefficient (Wildman–Crippen LogP) is 8.05. The molecule has 14 heteroatoms. The molecule has 0 saturated carbocycles. The van der Waals surface area contributed by atoms with Gasteiger partial charge in [-0.05, 0) is 57.9 Å². The van der Waals surface area contributed by atoms with Gasteiger partial charge in [0.2, 0.25) is 0 Å². The molecule has 1 amide bonds. The number of imidazole rings is 1. The molecule has 4 aromatic heterocycles. The van der Waals surface area contributed by atoms with E-state index < -0.39 is 29.4 Å². The average Bonchev–Trinajstić information content (AvgIpc) is 3.84. The number of hydrogen-bond acceptors (Lipinski definition) is 8. The van der Waals surface area contributed by atoms with Crippen LogP contribution < -0.4 is 4.74 Å². The molecule has 5 aromatic rings. The number of carbonyl (C=O) groups is 2. The van der Waals surface area contributed by atoms with Gasteiger partial charge in [0.1, 0.15) is 23.1 Å². The molecule has 0 bridgehead atoms. The Bertz CT molecular complexity index is 1980. The first-order valence-electron chi connectivity index (χ1n) is 15.3. The number of halogens is 3. The van der Waals surface area contributed by atoms with Crippen molar-refractivity contribution in [1.29, 1.82) is 0 Å². The number of thiophene rings is 1. The second-order valence-corrected chi connectivity index (χ2v) is 13.6. The number of fused-ring (bicyclic) bond motifs is 1. The standard InChI is InChI=1S/C34H34F3N5O5S/c1-20(24-8-6-7-9-25(24)34(35,36)37)46-27-15-28(48-30(27)31(43)45-5)26-17-38-29-14-21(10-13-41(26)29)22-16-39-42(18-22)23-11-12-40(19-23)32(44)47-33(2,3)4/h6-10,13-18,20,23H,11-12,19H2,1-5H3. The molecule has 2 unspecified atom stereocenters. The summed E-state index contributed by atoms with van der Waals surface area (Å²) in [5.74, 6) is -0.551. The van der Waals surface area contributed by atoms with Crippen molar-refractivity contribution in [2.75, 3.05) is 20.2 Å². The van der Waals surface area contributed by atoms with Crippen LogP contribution in [-0.4, -0.2) is 61.9 Å². The quantitative estimate of drug-likeness (QED) is 0.160. The number of hydrogen-bond donors (Lipinski definition) is 0. The average molecular weight is 682 g/mol. The van der Waals surface area contributed by atoms with Gasteiger partial charge in [-0.15, -0.1) is 11.3 Å². The van der Waals surface area contributed by atoms with E-state index in [0.29, 0.717) is 29.3 Å². The van der Waals surface area contributed by atoms with Gasteiger partial charge in [0.15, 0.2) is 4.88 Å². The van der Waals surface area contributed by atoms with Crippen molar-refractivity contribution in [3.63, 3.8) is 0 Å². The third-order valence-corrected chi connectivity index (χ3v) is 9.09. The van der Waals surface area contributed by atoms with Crippen LogP contribution in [0.3, 0.4) is 0 Å². The van der Waals surface area contributed by atoms with Crippen LogP contribution in [0.15, 0.2) is 67.3 Å². The molecule has 1 aliphatic rings. The summed E-state index contributed by atoms with van der Waals surface area (Å²) in [5, 5.41) is 4.57. The van der Waals surface area contributed by atoms with Gasteiger partial charge in [-0.1, -0.05) is 18.2 Å². The van der Waals surface area contributed by atoms with E-state index in [1.807, 2.05) is 54.4 Å². The first kappa shape index (κ1) is 33.1. The third-order valence-electron chi connectivity index (χ3n) is 7.97. The van der Waals surface area contributed by atoms with Crippen molar-refractivity contribution in [1.82, 2.24) is 24.1 Å². The van der Waals surface area contributed by atoms with Crippen molar-refractivity contribution in [2.45, 2.75) is 58.0 Å². The fourth-order valence-corrected chi connectivity index (χ4v) is 6.68. The predicted molar refractivity (Wildman–Crippen MR) is 173 cm³/mol. The summed E-state index contributed by atoms with van der Waals surface area (Å²) in [6.07, 6.45) is 2.09. The van der Waals surface area contributed by atoms with Gasteiger partial charge >= 0.3 is 18.2 Å². The van der Waals surface area contributed by atoms with Gasteiger partial charge in [0.05, 0.1) is 41.7 Å². The molecular formula is C34H34F3N5O5S. The van der Waals surface area contributed by atoms with Crippen molar-refractivity contribution in [3.05, 3.63) is 83.3 Å². The number of nitrogens with zero attached hydrogens (tertiary/aromatic N) is 5. The van der Waals surface area contributed by atoms with Crippen LogP contribution >= 0.6 is 11.3 Å². The van der Waals surface area contributed by atoms with Gasteiger partial charge in [-0.2, -0.15) is 18.3 Å². The highest BCUT2D eigenvalue weighted by molar-refractivity contribution is 7.17. The number of carbonyl (C=O) groups excluding carboxylic acids is 2. The van der Waals surface area contributed by atoms with Crippen LogP contribution in [0.2, 0.25) is 0 Å². The zero-order valence-corrected chi connectivity index (χ0v) is 27.8. The van der Waals surface area contributed by atoms with Crippen molar-refractivity contribution in [2.24, 2.45) is 0 Å². The Morgan fingerprint density at radius 1 is 1.06 bits per heavy atom. The summed E-state index contributed by atoms with van der Waals surface area (Å²) in [4.78, 5) is 32.2. The number of likely N-dealkylation sites (tertiary alicyclic amines) is 1. The lowest BCUT2D eigenvalue weighted by Crippen LogP contribution is -2.35. The molecule has 0 N–H and O–H groups in total. The zero-order chi connectivity index (χ0) is 34.4. The number of benzene rings is 1. The van der Waals surface area contributed by atoms with Crippen LogP contribution in [-0.2, 0) is 15.7 Å². The van der Waals surface area contributed by atoms with Crippen molar-refractivity contribution in [3.8, 4) is 27.4 Å². The number of esters is 1. The van der Waals surface area contributed by atoms with E-state index in [9.17, 15) is 22.8 Å². The minimum atomic E-state index is -4.56. The molecule has 1 aliphatic heterocycles. The highest BCUT2D eigenvalue weighted by atomic mass is 32.1. The Balaban J connectivity index is 1.23. The molecule has 2 atom stereocenters. The highest BCUT2D eigenvalue weighted by Crippen LogP contribution is 2.41. The second-order valence-electron chi connectivity index (χ2n) is 12.5. The van der Waals surface area contributed by atoms with Crippen molar-refractivity contribution < 1.29 is 37.0 Å². The number of amides is 1. The fourth-order valence-electron chi connectivity index (χ4n) is 5.67. The maximum Gasteiger partial charge on any atom is 0.416 e. The maximum atomic E-state index is 13.7. The summed E-state index contributed by atoms with van der Waals surface area (Å²) in [7, 11) is 1.23. The third kappa shape index (κ3) is 6.75.